The monoisotopic (exact) mass is 568 g/mol. The summed E-state index contributed by atoms with van der Waals surface area (Å²) in [6, 6.07) is 8.90. The van der Waals surface area contributed by atoms with Gasteiger partial charge in [0.25, 0.3) is 0 Å². The van der Waals surface area contributed by atoms with Gasteiger partial charge in [-0.3, -0.25) is 14.4 Å². The molecule has 42 heavy (non-hydrogen) atoms. The number of ketones is 3. The number of carbonyl (C=O) groups is 3. The van der Waals surface area contributed by atoms with E-state index in [2.05, 4.69) is 60.3 Å². The number of fused-ring (bicyclic) bond motifs is 1. The molecular formula is C38H48O4. The molecule has 0 N–H and O–H groups in total. The number of Topliss-reactive ketones (excluding diaryl/α,β-unsaturated/α-hetero) is 3. The van der Waals surface area contributed by atoms with Gasteiger partial charge in [-0.05, 0) is 97.5 Å². The molecule has 1 saturated carbocycles. The molecule has 4 atom stereocenters. The van der Waals surface area contributed by atoms with Crippen molar-refractivity contribution >= 4 is 17.3 Å². The second-order valence-corrected chi connectivity index (χ2v) is 14.4. The fourth-order valence-electron chi connectivity index (χ4n) is 7.23. The summed E-state index contributed by atoms with van der Waals surface area (Å²) in [7, 11) is 0. The standard InChI is InChI=1S/C38H48O4/c1-24(2)16-18-28(26(5)6)22-37-23-29(19-17-25(3)4)36(9,10)38(34(37)41)21-20-35(7,8)42-33(38)30(32(37)40)31(39)27-14-12-11-13-15-27/h11-17,20-21,28-29H,5,18-19,22-23H2,1-4,6-10H3/t28-,29+,37+,38-/m1/s1. The SMILES string of the molecule is C=C(C)[C@H](CC=C(C)C)C[C@]12C[C@H](CC=C(C)C)C(C)(C)[C@@]3(C=CC(C)(C)OC3=C(C(=O)c3ccccc3)C1=O)C2=O. The van der Waals surface area contributed by atoms with Crippen LogP contribution in [-0.4, -0.2) is 23.0 Å². The number of hydrogen-bond donors (Lipinski definition) is 0. The summed E-state index contributed by atoms with van der Waals surface area (Å²) < 4.78 is 6.62. The molecule has 4 nitrogen and oxygen atoms in total. The Labute approximate surface area is 252 Å². The van der Waals surface area contributed by atoms with Gasteiger partial charge in [0.05, 0.1) is 5.41 Å². The Morgan fingerprint density at radius 3 is 2.17 bits per heavy atom. The van der Waals surface area contributed by atoms with Crippen LogP contribution in [0.1, 0.15) is 98.4 Å². The summed E-state index contributed by atoms with van der Waals surface area (Å²) in [4.78, 5) is 44.7. The Kier molecular flexibility index (Phi) is 8.36. The highest BCUT2D eigenvalue weighted by Gasteiger charge is 2.73. The van der Waals surface area contributed by atoms with Crippen LogP contribution >= 0.6 is 0 Å². The fraction of sp³-hybridized carbons (Fsp3) is 0.500. The van der Waals surface area contributed by atoms with Crippen LogP contribution in [0.3, 0.4) is 0 Å². The van der Waals surface area contributed by atoms with E-state index in [9.17, 15) is 4.79 Å². The lowest BCUT2D eigenvalue weighted by Crippen LogP contribution is -2.67. The lowest BCUT2D eigenvalue weighted by Gasteiger charge is -2.62. The van der Waals surface area contributed by atoms with E-state index >= 15 is 9.59 Å². The predicted octanol–water partition coefficient (Wildman–Crippen LogP) is 8.95. The average Bonchev–Trinajstić information content (AvgIpc) is 2.90. The molecule has 0 saturated heterocycles. The van der Waals surface area contributed by atoms with Gasteiger partial charge < -0.3 is 4.74 Å². The van der Waals surface area contributed by atoms with E-state index < -0.39 is 21.8 Å². The first-order chi connectivity index (χ1) is 19.5. The minimum absolute atomic E-state index is 0.00103. The Balaban J connectivity index is 2.07. The predicted molar refractivity (Wildman–Crippen MR) is 170 cm³/mol. The van der Waals surface area contributed by atoms with Crippen LogP contribution in [0.2, 0.25) is 0 Å². The molecule has 1 heterocycles. The quantitative estimate of drug-likeness (QED) is 0.129. The van der Waals surface area contributed by atoms with E-state index in [1.165, 1.54) is 11.1 Å². The van der Waals surface area contributed by atoms with Crippen LogP contribution in [0.15, 0.2) is 89.3 Å². The lowest BCUT2D eigenvalue weighted by atomic mass is 9.40. The van der Waals surface area contributed by atoms with Gasteiger partial charge in [-0.1, -0.05) is 85.7 Å². The largest absolute Gasteiger partial charge is 0.486 e. The maximum Gasteiger partial charge on any atom is 0.200 e. The molecule has 1 aliphatic heterocycles. The van der Waals surface area contributed by atoms with E-state index in [-0.39, 0.29) is 40.5 Å². The van der Waals surface area contributed by atoms with Crippen LogP contribution in [0.5, 0.6) is 0 Å². The first-order valence-corrected chi connectivity index (χ1v) is 15.3. The van der Waals surface area contributed by atoms with Crippen LogP contribution in [0.25, 0.3) is 0 Å². The van der Waals surface area contributed by atoms with Crippen molar-refractivity contribution in [1.29, 1.82) is 0 Å². The third kappa shape index (κ3) is 5.12. The molecule has 1 aromatic rings. The summed E-state index contributed by atoms with van der Waals surface area (Å²) in [5, 5.41) is 0. The van der Waals surface area contributed by atoms with Gasteiger partial charge >= 0.3 is 0 Å². The van der Waals surface area contributed by atoms with Crippen molar-refractivity contribution in [3.05, 3.63) is 94.8 Å². The number of rotatable bonds is 9. The maximum absolute atomic E-state index is 15.2. The van der Waals surface area contributed by atoms with Crippen molar-refractivity contribution < 1.29 is 19.1 Å². The Hall–Kier alpha value is -3.27. The number of hydrogen-bond acceptors (Lipinski definition) is 4. The topological polar surface area (TPSA) is 60.4 Å². The van der Waals surface area contributed by atoms with Gasteiger partial charge in [-0.25, -0.2) is 0 Å². The van der Waals surface area contributed by atoms with Crippen LogP contribution in [0, 0.1) is 28.1 Å². The molecule has 1 fully saturated rings. The summed E-state index contributed by atoms with van der Waals surface area (Å²) in [5.41, 5.74) is -0.254. The van der Waals surface area contributed by atoms with E-state index in [4.69, 9.17) is 4.74 Å². The maximum atomic E-state index is 15.2. The number of carbonyl (C=O) groups excluding carboxylic acids is 3. The molecule has 4 rings (SSSR count). The van der Waals surface area contributed by atoms with Crippen LogP contribution in [-0.2, 0) is 14.3 Å². The minimum atomic E-state index is -1.37. The number of ether oxygens (including phenoxy) is 1. The molecule has 1 aromatic carbocycles. The van der Waals surface area contributed by atoms with Crippen molar-refractivity contribution in [3.63, 3.8) is 0 Å². The Morgan fingerprint density at radius 1 is 0.976 bits per heavy atom. The van der Waals surface area contributed by atoms with Crippen LogP contribution < -0.4 is 0 Å². The second kappa shape index (κ2) is 11.1. The molecule has 4 heteroatoms. The highest BCUT2D eigenvalue weighted by molar-refractivity contribution is 6.35. The highest BCUT2D eigenvalue weighted by Crippen LogP contribution is 2.68. The smallest absolute Gasteiger partial charge is 0.200 e. The van der Waals surface area contributed by atoms with E-state index in [1.54, 1.807) is 24.3 Å². The van der Waals surface area contributed by atoms with Gasteiger partial charge in [0.1, 0.15) is 22.3 Å². The molecule has 0 aromatic heterocycles. The molecule has 2 bridgehead atoms. The zero-order valence-corrected chi connectivity index (χ0v) is 27.0. The van der Waals surface area contributed by atoms with Crippen molar-refractivity contribution in [2.75, 3.05) is 0 Å². The van der Waals surface area contributed by atoms with Crippen molar-refractivity contribution in [3.8, 4) is 0 Å². The zero-order valence-electron chi connectivity index (χ0n) is 27.0. The van der Waals surface area contributed by atoms with Gasteiger partial charge in [-0.15, -0.1) is 0 Å². The summed E-state index contributed by atoms with van der Waals surface area (Å²) in [6.07, 6.45) is 10.4. The van der Waals surface area contributed by atoms with Gasteiger partial charge in [0.2, 0.25) is 0 Å². The second-order valence-electron chi connectivity index (χ2n) is 14.4. The Morgan fingerprint density at radius 2 is 1.60 bits per heavy atom. The van der Waals surface area contributed by atoms with Crippen molar-refractivity contribution in [1.82, 2.24) is 0 Å². The normalized spacial score (nSPS) is 27.9. The molecule has 1 spiro atoms. The first kappa shape index (κ1) is 31.7. The van der Waals surface area contributed by atoms with Crippen molar-refractivity contribution in [2.45, 2.75) is 93.6 Å². The molecule has 2 aliphatic carbocycles. The molecule has 3 aliphatic rings. The van der Waals surface area contributed by atoms with Gasteiger partial charge in [-0.2, -0.15) is 0 Å². The zero-order chi connectivity index (χ0) is 31.3. The fourth-order valence-corrected chi connectivity index (χ4v) is 7.23. The number of benzene rings is 1. The minimum Gasteiger partial charge on any atom is -0.486 e. The molecule has 0 unspecified atom stereocenters. The van der Waals surface area contributed by atoms with Gasteiger partial charge in [0.15, 0.2) is 17.3 Å². The van der Waals surface area contributed by atoms with Crippen molar-refractivity contribution in [2.24, 2.45) is 28.1 Å². The van der Waals surface area contributed by atoms with E-state index in [0.717, 1.165) is 12.0 Å². The summed E-state index contributed by atoms with van der Waals surface area (Å²) in [6.45, 7) is 22.5. The lowest BCUT2D eigenvalue weighted by molar-refractivity contribution is -0.170. The first-order valence-electron chi connectivity index (χ1n) is 15.3. The Bertz CT molecular complexity index is 1420. The molecule has 224 valence electrons. The third-order valence-corrected chi connectivity index (χ3v) is 9.95. The van der Waals surface area contributed by atoms with E-state index in [0.29, 0.717) is 24.8 Å². The number of allylic oxidation sites excluding steroid dienone is 7. The highest BCUT2D eigenvalue weighted by atomic mass is 16.5. The molecule has 0 radical (unpaired) electrons. The summed E-state index contributed by atoms with van der Waals surface area (Å²) >= 11 is 0. The van der Waals surface area contributed by atoms with E-state index in [1.807, 2.05) is 39.0 Å². The average molecular weight is 569 g/mol. The molecular weight excluding hydrogens is 520 g/mol. The van der Waals surface area contributed by atoms with Gasteiger partial charge in [0, 0.05) is 5.56 Å². The third-order valence-electron chi connectivity index (χ3n) is 9.95. The van der Waals surface area contributed by atoms with Crippen LogP contribution in [0.4, 0.5) is 0 Å². The molecule has 0 amide bonds. The summed E-state index contributed by atoms with van der Waals surface area (Å²) in [5.74, 6) is -0.751.